The van der Waals surface area contributed by atoms with E-state index in [0.717, 1.165) is 0 Å². The Morgan fingerprint density at radius 1 is 1.69 bits per heavy atom. The molecule has 0 saturated carbocycles. The quantitative estimate of drug-likeness (QED) is 0.323. The molecule has 1 atom stereocenters. The monoisotopic (exact) mass is 188 g/mol. The highest BCUT2D eigenvalue weighted by molar-refractivity contribution is 5.75. The predicted octanol–water partition coefficient (Wildman–Crippen LogP) is -1.13. The molecule has 1 unspecified atom stereocenters. The van der Waals surface area contributed by atoms with Crippen LogP contribution in [0.2, 0.25) is 0 Å². The third-order valence-corrected chi connectivity index (χ3v) is 1.64. The van der Waals surface area contributed by atoms with Crippen molar-refractivity contribution in [3.63, 3.8) is 0 Å². The van der Waals surface area contributed by atoms with Gasteiger partial charge in [-0.25, -0.2) is 0 Å². The first-order valence-corrected chi connectivity index (χ1v) is 3.92. The van der Waals surface area contributed by atoms with Crippen molar-refractivity contribution in [1.29, 1.82) is 5.41 Å². The van der Waals surface area contributed by atoms with Crippen LogP contribution in [0.5, 0.6) is 0 Å². The summed E-state index contributed by atoms with van der Waals surface area (Å²) in [5.41, 5.74) is 5.04. The van der Waals surface area contributed by atoms with Gasteiger partial charge in [-0.15, -0.1) is 0 Å². The lowest BCUT2D eigenvalue weighted by Crippen LogP contribution is -2.40. The first-order valence-electron chi connectivity index (χ1n) is 3.92. The average molecular weight is 188 g/mol. The summed E-state index contributed by atoms with van der Waals surface area (Å²) in [6.45, 7) is 0.393. The highest BCUT2D eigenvalue weighted by Gasteiger charge is 2.18. The second kappa shape index (κ2) is 5.36. The molecule has 0 aliphatic rings. The van der Waals surface area contributed by atoms with Gasteiger partial charge in [0.15, 0.2) is 5.96 Å². The van der Waals surface area contributed by atoms with Gasteiger partial charge >= 0.3 is 5.97 Å². The van der Waals surface area contributed by atoms with Gasteiger partial charge in [0.1, 0.15) is 6.04 Å². The van der Waals surface area contributed by atoms with Crippen LogP contribution in [0.25, 0.3) is 0 Å². The van der Waals surface area contributed by atoms with Crippen LogP contribution in [0.1, 0.15) is 6.42 Å². The number of aliphatic carboxylic acids is 1. The van der Waals surface area contributed by atoms with E-state index < -0.39 is 12.0 Å². The highest BCUT2D eigenvalue weighted by atomic mass is 16.4. The largest absolute Gasteiger partial charge is 0.480 e. The highest BCUT2D eigenvalue weighted by Crippen LogP contribution is 1.98. The maximum atomic E-state index is 10.7. The summed E-state index contributed by atoms with van der Waals surface area (Å²) in [4.78, 5) is 12.3. The Morgan fingerprint density at radius 2 is 2.23 bits per heavy atom. The molecule has 0 spiro atoms. The summed E-state index contributed by atoms with van der Waals surface area (Å²) in [5, 5.41) is 18.2. The van der Waals surface area contributed by atoms with Gasteiger partial charge in [0, 0.05) is 6.54 Å². The fourth-order valence-electron chi connectivity index (χ4n) is 0.946. The molecule has 0 rings (SSSR count). The number of hydrogen-bond acceptors (Lipinski definition) is 3. The van der Waals surface area contributed by atoms with Crippen LogP contribution in [0.4, 0.5) is 0 Å². The minimum Gasteiger partial charge on any atom is -0.480 e. The molecule has 0 bridgehead atoms. The van der Waals surface area contributed by atoms with E-state index in [1.807, 2.05) is 0 Å². The third-order valence-electron chi connectivity index (χ3n) is 1.64. The molecule has 0 aromatic heterocycles. The van der Waals surface area contributed by atoms with Crippen LogP contribution >= 0.6 is 0 Å². The molecule has 0 heterocycles. The van der Waals surface area contributed by atoms with Crippen molar-refractivity contribution in [2.24, 2.45) is 5.73 Å². The summed E-state index contributed by atoms with van der Waals surface area (Å²) in [5.74, 6) is -1.00. The molecular formula is C7H16N4O2. The molecule has 0 saturated heterocycles. The first-order chi connectivity index (χ1) is 5.95. The topological polar surface area (TPSA) is 102 Å². The van der Waals surface area contributed by atoms with Crippen molar-refractivity contribution in [3.8, 4) is 0 Å². The smallest absolute Gasteiger partial charge is 0.320 e. The van der Waals surface area contributed by atoms with Crippen molar-refractivity contribution < 1.29 is 9.90 Å². The molecular weight excluding hydrogens is 172 g/mol. The van der Waals surface area contributed by atoms with E-state index in [4.69, 9.17) is 16.2 Å². The third kappa shape index (κ3) is 5.02. The zero-order chi connectivity index (χ0) is 10.4. The summed E-state index contributed by atoms with van der Waals surface area (Å²) >= 11 is 0. The summed E-state index contributed by atoms with van der Waals surface area (Å²) < 4.78 is 0. The second-order valence-electron chi connectivity index (χ2n) is 2.95. The van der Waals surface area contributed by atoms with E-state index in [0.29, 0.717) is 13.0 Å². The van der Waals surface area contributed by atoms with Crippen LogP contribution in [0.15, 0.2) is 0 Å². The maximum Gasteiger partial charge on any atom is 0.320 e. The number of nitrogens with one attached hydrogen (secondary N) is 2. The van der Waals surface area contributed by atoms with Gasteiger partial charge in [0.05, 0.1) is 0 Å². The Kier molecular flexibility index (Phi) is 4.83. The number of hydrogen-bond donors (Lipinski definition) is 4. The van der Waals surface area contributed by atoms with Gasteiger partial charge in [-0.3, -0.25) is 15.1 Å². The number of nitrogens with two attached hydrogens (primary N) is 1. The lowest BCUT2D eigenvalue weighted by atomic mass is 10.2. The molecule has 0 aromatic carbocycles. The van der Waals surface area contributed by atoms with Crippen LogP contribution in [0.3, 0.4) is 0 Å². The fraction of sp³-hybridized carbons (Fsp3) is 0.714. The summed E-state index contributed by atoms with van der Waals surface area (Å²) in [6.07, 6.45) is 0.419. The van der Waals surface area contributed by atoms with Gasteiger partial charge < -0.3 is 16.2 Å². The predicted molar refractivity (Wildman–Crippen MR) is 49.6 cm³/mol. The molecule has 0 aliphatic heterocycles. The lowest BCUT2D eigenvalue weighted by Gasteiger charge is -2.19. The summed E-state index contributed by atoms with van der Waals surface area (Å²) in [6, 6.07) is -0.535. The molecule has 5 N–H and O–H groups in total. The Bertz CT molecular complexity index is 193. The zero-order valence-corrected chi connectivity index (χ0v) is 7.87. The zero-order valence-electron chi connectivity index (χ0n) is 7.87. The normalized spacial score (nSPS) is 12.5. The Labute approximate surface area is 77.2 Å². The van der Waals surface area contributed by atoms with Gasteiger partial charge in [-0.2, -0.15) is 0 Å². The van der Waals surface area contributed by atoms with Crippen molar-refractivity contribution >= 4 is 11.9 Å². The van der Waals surface area contributed by atoms with Crippen molar-refractivity contribution in [2.45, 2.75) is 12.5 Å². The number of carboxylic acid groups (broad SMARTS) is 1. The molecule has 6 heteroatoms. The Morgan fingerprint density at radius 3 is 2.54 bits per heavy atom. The molecule has 0 amide bonds. The van der Waals surface area contributed by atoms with E-state index in [9.17, 15) is 4.79 Å². The number of carbonyl (C=O) groups is 1. The van der Waals surface area contributed by atoms with Gasteiger partial charge in [0.2, 0.25) is 0 Å². The van der Waals surface area contributed by atoms with Crippen molar-refractivity contribution in [1.82, 2.24) is 10.2 Å². The van der Waals surface area contributed by atoms with Gasteiger partial charge in [-0.05, 0) is 20.5 Å². The van der Waals surface area contributed by atoms with Gasteiger partial charge in [0.25, 0.3) is 0 Å². The second-order valence-corrected chi connectivity index (χ2v) is 2.95. The lowest BCUT2D eigenvalue weighted by molar-refractivity contribution is -0.142. The number of rotatable bonds is 5. The first kappa shape index (κ1) is 11.7. The maximum absolute atomic E-state index is 10.7. The van der Waals surface area contributed by atoms with Crippen LogP contribution in [-0.2, 0) is 4.79 Å². The van der Waals surface area contributed by atoms with Crippen LogP contribution in [-0.4, -0.2) is 48.6 Å². The minimum atomic E-state index is -0.865. The van der Waals surface area contributed by atoms with E-state index in [-0.39, 0.29) is 5.96 Å². The van der Waals surface area contributed by atoms with Crippen LogP contribution < -0.4 is 11.1 Å². The Hall–Kier alpha value is -1.30. The van der Waals surface area contributed by atoms with E-state index in [1.54, 1.807) is 19.0 Å². The molecule has 0 radical (unpaired) electrons. The number of guanidine groups is 1. The minimum absolute atomic E-state index is 0.136. The summed E-state index contributed by atoms with van der Waals surface area (Å²) in [7, 11) is 3.40. The molecule has 76 valence electrons. The van der Waals surface area contributed by atoms with Crippen LogP contribution in [0, 0.1) is 5.41 Å². The van der Waals surface area contributed by atoms with E-state index in [2.05, 4.69) is 5.32 Å². The van der Waals surface area contributed by atoms with E-state index >= 15 is 0 Å². The molecule has 0 aromatic rings. The molecule has 6 nitrogen and oxygen atoms in total. The SMILES string of the molecule is CN(C)C(CCNC(=N)N)C(=O)O. The van der Waals surface area contributed by atoms with Crippen molar-refractivity contribution in [2.75, 3.05) is 20.6 Å². The van der Waals surface area contributed by atoms with Crippen molar-refractivity contribution in [3.05, 3.63) is 0 Å². The molecule has 0 fully saturated rings. The fourth-order valence-corrected chi connectivity index (χ4v) is 0.946. The number of carboxylic acids is 1. The standard InChI is InChI=1S/C7H16N4O2/c1-11(2)5(6(12)13)3-4-10-7(8)9/h5H,3-4H2,1-2H3,(H,12,13)(H4,8,9,10). The number of nitrogens with zero attached hydrogens (tertiary/aromatic N) is 1. The van der Waals surface area contributed by atoms with E-state index in [1.165, 1.54) is 0 Å². The number of likely N-dealkylation sites (N-methyl/N-ethyl adjacent to an activating group) is 1. The Balaban J connectivity index is 3.84. The van der Waals surface area contributed by atoms with Gasteiger partial charge in [-0.1, -0.05) is 0 Å². The average Bonchev–Trinajstić information content (AvgIpc) is 1.95. The molecule has 0 aliphatic carbocycles. The molecule has 13 heavy (non-hydrogen) atoms.